The highest BCUT2D eigenvalue weighted by atomic mass is 16.5. The Labute approximate surface area is 188 Å². The molecule has 0 heterocycles. The lowest BCUT2D eigenvalue weighted by atomic mass is 9.96. The van der Waals surface area contributed by atoms with E-state index in [0.29, 0.717) is 54.7 Å². The van der Waals surface area contributed by atoms with Crippen molar-refractivity contribution in [3.8, 4) is 23.0 Å². The number of aromatic carboxylic acids is 1. The van der Waals surface area contributed by atoms with Crippen LogP contribution in [0.25, 0.3) is 0 Å². The molecule has 0 unspecified atom stereocenters. The molecule has 0 bridgehead atoms. The molecule has 0 aromatic heterocycles. The summed E-state index contributed by atoms with van der Waals surface area (Å²) in [5.74, 6) is -1.54. The number of unbranched alkanes of at least 4 members (excludes halogenated alkanes) is 2. The number of Topliss-reactive ketones (excluding diaryl/α,β-unsaturated/α-hetero) is 1. The molecule has 7 nitrogen and oxygen atoms in total. The summed E-state index contributed by atoms with van der Waals surface area (Å²) in [7, 11) is 0. The summed E-state index contributed by atoms with van der Waals surface area (Å²) in [6, 6.07) is 5.84. The lowest BCUT2D eigenvalue weighted by Crippen LogP contribution is -2.05. The monoisotopic (exact) mass is 444 g/mol. The predicted octanol–water partition coefficient (Wildman–Crippen LogP) is 5.40. The van der Waals surface area contributed by atoms with E-state index in [-0.39, 0.29) is 34.5 Å². The van der Waals surface area contributed by atoms with Crippen molar-refractivity contribution in [3.63, 3.8) is 0 Å². The molecule has 2 rings (SSSR count). The molecule has 4 N–H and O–H groups in total. The van der Waals surface area contributed by atoms with E-state index in [4.69, 9.17) is 9.84 Å². The van der Waals surface area contributed by atoms with Gasteiger partial charge in [-0.15, -0.1) is 0 Å². The number of carbonyl (C=O) groups excluding carboxylic acids is 1. The van der Waals surface area contributed by atoms with E-state index >= 15 is 0 Å². The lowest BCUT2D eigenvalue weighted by Gasteiger charge is -2.14. The third kappa shape index (κ3) is 6.15. The molecule has 32 heavy (non-hydrogen) atoms. The highest BCUT2D eigenvalue weighted by Gasteiger charge is 2.18. The van der Waals surface area contributed by atoms with Gasteiger partial charge in [0, 0.05) is 23.1 Å². The number of rotatable bonds is 12. The lowest BCUT2D eigenvalue weighted by molar-refractivity contribution is 0.0693. The van der Waals surface area contributed by atoms with E-state index in [2.05, 4.69) is 0 Å². The zero-order valence-electron chi connectivity index (χ0n) is 18.9. The van der Waals surface area contributed by atoms with E-state index in [1.54, 1.807) is 12.1 Å². The van der Waals surface area contributed by atoms with Crippen molar-refractivity contribution >= 4 is 11.8 Å². The number of carbonyl (C=O) groups is 2. The van der Waals surface area contributed by atoms with Crippen LogP contribution in [0.3, 0.4) is 0 Å². The van der Waals surface area contributed by atoms with Crippen LogP contribution in [-0.2, 0) is 6.42 Å². The fraction of sp³-hybridized carbons (Fsp3) is 0.440. The van der Waals surface area contributed by atoms with Crippen LogP contribution in [0.1, 0.15) is 90.6 Å². The minimum atomic E-state index is -1.18. The number of ether oxygens (including phenoxy) is 1. The van der Waals surface area contributed by atoms with Crippen LogP contribution in [0.15, 0.2) is 24.3 Å². The summed E-state index contributed by atoms with van der Waals surface area (Å²) in [4.78, 5) is 23.7. The maximum atomic E-state index is 12.5. The number of hydrogen-bond donors (Lipinski definition) is 4. The number of phenols is 3. The molecule has 0 aliphatic rings. The summed E-state index contributed by atoms with van der Waals surface area (Å²) in [5, 5.41) is 39.2. The molecular weight excluding hydrogens is 412 g/mol. The standard InChI is InChI=1S/C25H32O7/c1-4-8-17-22(11-10-18(23(17)28)25(30)31)32-12-7-5-6-9-20(26)16-13-19(15(2)3)24(29)21(27)14-16/h10-11,13-15,27-29H,4-9,12H2,1-3H3,(H,30,31). The highest BCUT2D eigenvalue weighted by molar-refractivity contribution is 5.97. The smallest absolute Gasteiger partial charge is 0.339 e. The van der Waals surface area contributed by atoms with Crippen LogP contribution in [-0.4, -0.2) is 38.8 Å². The molecule has 0 aliphatic heterocycles. The van der Waals surface area contributed by atoms with Crippen molar-refractivity contribution in [2.45, 2.75) is 65.2 Å². The second kappa shape index (κ2) is 11.4. The van der Waals surface area contributed by atoms with Crippen LogP contribution in [0.4, 0.5) is 0 Å². The molecule has 2 aromatic carbocycles. The summed E-state index contributed by atoms with van der Waals surface area (Å²) in [6.07, 6.45) is 3.64. The molecule has 0 atom stereocenters. The van der Waals surface area contributed by atoms with E-state index in [0.717, 1.165) is 12.8 Å². The van der Waals surface area contributed by atoms with Crippen LogP contribution >= 0.6 is 0 Å². The fourth-order valence-corrected chi connectivity index (χ4v) is 3.55. The van der Waals surface area contributed by atoms with Gasteiger partial charge < -0.3 is 25.2 Å². The van der Waals surface area contributed by atoms with Gasteiger partial charge in [0.15, 0.2) is 17.3 Å². The average molecular weight is 445 g/mol. The van der Waals surface area contributed by atoms with E-state index in [1.165, 1.54) is 12.1 Å². The SMILES string of the molecule is CCCc1c(OCCCCCC(=O)c2cc(O)c(O)c(C(C)C)c2)ccc(C(=O)O)c1O. The molecule has 2 aromatic rings. The molecule has 0 saturated carbocycles. The minimum Gasteiger partial charge on any atom is -0.507 e. The Kier molecular flexibility index (Phi) is 8.93. The number of hydrogen-bond acceptors (Lipinski definition) is 6. The number of benzene rings is 2. The second-order valence-corrected chi connectivity index (χ2v) is 8.16. The molecule has 0 fully saturated rings. The van der Waals surface area contributed by atoms with Gasteiger partial charge in [-0.25, -0.2) is 4.79 Å². The zero-order valence-corrected chi connectivity index (χ0v) is 18.9. The Morgan fingerprint density at radius 1 is 1.00 bits per heavy atom. The van der Waals surface area contributed by atoms with Gasteiger partial charge in [-0.2, -0.15) is 0 Å². The second-order valence-electron chi connectivity index (χ2n) is 8.16. The third-order valence-electron chi connectivity index (χ3n) is 5.34. The quantitative estimate of drug-likeness (QED) is 0.196. The van der Waals surface area contributed by atoms with Crippen LogP contribution in [0.5, 0.6) is 23.0 Å². The third-order valence-corrected chi connectivity index (χ3v) is 5.34. The van der Waals surface area contributed by atoms with E-state index < -0.39 is 5.97 Å². The van der Waals surface area contributed by atoms with Crippen molar-refractivity contribution in [3.05, 3.63) is 46.5 Å². The first-order valence-electron chi connectivity index (χ1n) is 11.0. The maximum absolute atomic E-state index is 12.5. The highest BCUT2D eigenvalue weighted by Crippen LogP contribution is 2.35. The van der Waals surface area contributed by atoms with Gasteiger partial charge in [-0.1, -0.05) is 27.2 Å². The first-order valence-corrected chi connectivity index (χ1v) is 11.0. The first-order chi connectivity index (χ1) is 15.2. The molecule has 0 aliphatic carbocycles. The summed E-state index contributed by atoms with van der Waals surface area (Å²) >= 11 is 0. The van der Waals surface area contributed by atoms with Crippen LogP contribution < -0.4 is 4.74 Å². The number of ketones is 1. The Balaban J connectivity index is 1.87. The molecule has 0 saturated heterocycles. The topological polar surface area (TPSA) is 124 Å². The van der Waals surface area contributed by atoms with E-state index in [1.807, 2.05) is 20.8 Å². The van der Waals surface area contributed by atoms with Crippen molar-refractivity contribution in [1.82, 2.24) is 0 Å². The summed E-state index contributed by atoms with van der Waals surface area (Å²) < 4.78 is 5.77. The molecule has 0 amide bonds. The fourth-order valence-electron chi connectivity index (χ4n) is 3.55. The van der Waals surface area contributed by atoms with Gasteiger partial charge in [-0.05, 0) is 55.9 Å². The molecule has 174 valence electrons. The van der Waals surface area contributed by atoms with Gasteiger partial charge in [0.1, 0.15) is 17.1 Å². The Bertz CT molecular complexity index is 963. The molecule has 0 radical (unpaired) electrons. The maximum Gasteiger partial charge on any atom is 0.339 e. The molecular formula is C25H32O7. The van der Waals surface area contributed by atoms with Gasteiger partial charge in [0.25, 0.3) is 0 Å². The Morgan fingerprint density at radius 2 is 1.72 bits per heavy atom. The van der Waals surface area contributed by atoms with Gasteiger partial charge in [0.05, 0.1) is 6.61 Å². The minimum absolute atomic E-state index is 0.0209. The number of carboxylic acids is 1. The van der Waals surface area contributed by atoms with Crippen molar-refractivity contribution in [1.29, 1.82) is 0 Å². The normalized spacial score (nSPS) is 11.0. The predicted molar refractivity (Wildman–Crippen MR) is 121 cm³/mol. The summed E-state index contributed by atoms with van der Waals surface area (Å²) in [5.41, 5.74) is 1.29. The van der Waals surface area contributed by atoms with Gasteiger partial charge in [0.2, 0.25) is 0 Å². The number of phenolic OH excluding ortho intramolecular Hbond substituents is 2. The Morgan fingerprint density at radius 3 is 2.34 bits per heavy atom. The Hall–Kier alpha value is -3.22. The molecule has 7 heteroatoms. The van der Waals surface area contributed by atoms with Crippen LogP contribution in [0, 0.1) is 0 Å². The van der Waals surface area contributed by atoms with E-state index in [9.17, 15) is 24.9 Å². The van der Waals surface area contributed by atoms with Gasteiger partial charge >= 0.3 is 5.97 Å². The summed E-state index contributed by atoms with van der Waals surface area (Å²) in [6.45, 7) is 6.08. The largest absolute Gasteiger partial charge is 0.507 e. The average Bonchev–Trinajstić information content (AvgIpc) is 2.73. The van der Waals surface area contributed by atoms with Gasteiger partial charge in [-0.3, -0.25) is 4.79 Å². The molecule has 0 spiro atoms. The zero-order chi connectivity index (χ0) is 23.8. The van der Waals surface area contributed by atoms with Crippen molar-refractivity contribution in [2.24, 2.45) is 0 Å². The first kappa shape index (κ1) is 25.0. The number of aromatic hydroxyl groups is 3. The van der Waals surface area contributed by atoms with Crippen LogP contribution in [0.2, 0.25) is 0 Å². The van der Waals surface area contributed by atoms with Crippen molar-refractivity contribution < 1.29 is 34.8 Å². The van der Waals surface area contributed by atoms with Crippen molar-refractivity contribution in [2.75, 3.05) is 6.61 Å². The number of carboxylic acid groups (broad SMARTS) is 1.